The summed E-state index contributed by atoms with van der Waals surface area (Å²) in [7, 11) is -2.25. The number of aromatic nitrogens is 2. The van der Waals surface area contributed by atoms with Crippen molar-refractivity contribution in [1.82, 2.24) is 13.9 Å². The minimum Gasteiger partial charge on any atom is -0.465 e. The van der Waals surface area contributed by atoms with E-state index in [9.17, 15) is 22.7 Å². The fourth-order valence-electron chi connectivity index (χ4n) is 6.51. The van der Waals surface area contributed by atoms with Gasteiger partial charge in [-0.15, -0.1) is 0 Å². The van der Waals surface area contributed by atoms with Crippen LogP contribution in [0.1, 0.15) is 50.4 Å². The summed E-state index contributed by atoms with van der Waals surface area (Å²) in [5, 5.41) is 10.8. The number of anilines is 1. The average molecular weight is 603 g/mol. The maximum Gasteiger partial charge on any atom is 0.407 e. The number of benzene rings is 2. The molecule has 224 valence electrons. The average Bonchev–Trinajstić information content (AvgIpc) is 3.05. The van der Waals surface area contributed by atoms with Crippen LogP contribution in [0.3, 0.4) is 0 Å². The van der Waals surface area contributed by atoms with Crippen molar-refractivity contribution in [2.75, 3.05) is 18.5 Å². The largest absolute Gasteiger partial charge is 0.465 e. The minimum absolute atomic E-state index is 0.126. The second-order valence-electron chi connectivity index (χ2n) is 12.6. The van der Waals surface area contributed by atoms with Crippen molar-refractivity contribution in [3.8, 4) is 11.1 Å². The first-order valence-corrected chi connectivity index (χ1v) is 15.8. The van der Waals surface area contributed by atoms with Crippen LogP contribution < -0.4 is 4.90 Å². The molecular weight excluding hydrogens is 567 g/mol. The molecule has 43 heavy (non-hydrogen) atoms. The summed E-state index contributed by atoms with van der Waals surface area (Å²) in [5.74, 6) is -0.388. The van der Waals surface area contributed by atoms with Gasteiger partial charge in [0.15, 0.2) is 5.65 Å². The summed E-state index contributed by atoms with van der Waals surface area (Å²) >= 11 is 0. The van der Waals surface area contributed by atoms with E-state index in [-0.39, 0.29) is 16.4 Å². The molecule has 1 unspecified atom stereocenters. The molecule has 1 N–H and O–H groups in total. The van der Waals surface area contributed by atoms with Crippen LogP contribution in [0.2, 0.25) is 0 Å². The molecule has 8 nitrogen and oxygen atoms in total. The predicted octanol–water partition coefficient (Wildman–Crippen LogP) is 6.91. The first kappa shape index (κ1) is 28.9. The van der Waals surface area contributed by atoms with Crippen molar-refractivity contribution in [2.45, 2.75) is 58.0 Å². The van der Waals surface area contributed by atoms with Crippen LogP contribution in [0.4, 0.5) is 14.9 Å². The number of hydrogen-bond donors (Lipinski definition) is 1. The molecule has 1 amide bonds. The van der Waals surface area contributed by atoms with E-state index in [2.05, 4.69) is 4.98 Å². The Morgan fingerprint density at radius 2 is 1.79 bits per heavy atom. The van der Waals surface area contributed by atoms with Gasteiger partial charge < -0.3 is 14.9 Å². The van der Waals surface area contributed by atoms with E-state index in [1.54, 1.807) is 36.5 Å². The number of aryl methyl sites for hydroxylation is 1. The van der Waals surface area contributed by atoms with E-state index >= 15 is 0 Å². The highest BCUT2D eigenvalue weighted by Crippen LogP contribution is 2.47. The Kier molecular flexibility index (Phi) is 6.87. The second kappa shape index (κ2) is 10.2. The van der Waals surface area contributed by atoms with Gasteiger partial charge in [-0.3, -0.25) is 0 Å². The number of amides is 1. The zero-order chi connectivity index (χ0) is 30.8. The Hall–Kier alpha value is -4.18. The smallest absolute Gasteiger partial charge is 0.407 e. The zero-order valence-corrected chi connectivity index (χ0v) is 25.7. The van der Waals surface area contributed by atoms with Crippen LogP contribution in [-0.4, -0.2) is 53.1 Å². The molecule has 10 heteroatoms. The van der Waals surface area contributed by atoms with Gasteiger partial charge in [-0.25, -0.2) is 26.6 Å². The summed E-state index contributed by atoms with van der Waals surface area (Å²) < 4.78 is 45.2. The lowest BCUT2D eigenvalue weighted by Crippen LogP contribution is -2.46. The summed E-state index contributed by atoms with van der Waals surface area (Å²) in [5.41, 5.74) is 4.97. The predicted molar refractivity (Wildman–Crippen MR) is 166 cm³/mol. The van der Waals surface area contributed by atoms with E-state index in [4.69, 9.17) is 0 Å². The maximum absolute atomic E-state index is 14.6. The summed E-state index contributed by atoms with van der Waals surface area (Å²) in [6, 6.07) is 12.8. The molecule has 2 aliphatic rings. The van der Waals surface area contributed by atoms with Crippen molar-refractivity contribution in [3.05, 3.63) is 83.4 Å². The third-order valence-corrected chi connectivity index (χ3v) is 10.3. The summed E-state index contributed by atoms with van der Waals surface area (Å²) in [4.78, 5) is 20.6. The molecule has 2 aromatic heterocycles. The van der Waals surface area contributed by atoms with Crippen molar-refractivity contribution in [3.63, 3.8) is 0 Å². The zero-order valence-electron chi connectivity index (χ0n) is 24.9. The van der Waals surface area contributed by atoms with E-state index in [0.717, 1.165) is 22.4 Å². The monoisotopic (exact) mass is 602 g/mol. The summed E-state index contributed by atoms with van der Waals surface area (Å²) in [6.45, 7) is 8.55. The highest BCUT2D eigenvalue weighted by atomic mass is 32.2. The van der Waals surface area contributed by atoms with Crippen molar-refractivity contribution < 1.29 is 22.7 Å². The third kappa shape index (κ3) is 4.77. The van der Waals surface area contributed by atoms with Gasteiger partial charge in [0.1, 0.15) is 5.82 Å². The molecule has 0 saturated heterocycles. The van der Waals surface area contributed by atoms with Crippen LogP contribution >= 0.6 is 0 Å². The Labute approximate surface area is 251 Å². The molecule has 2 aromatic carbocycles. The normalized spacial score (nSPS) is 17.3. The molecule has 0 bridgehead atoms. The number of fused-ring (bicyclic) bond motifs is 2. The van der Waals surface area contributed by atoms with Gasteiger partial charge in [-0.2, -0.15) is 0 Å². The highest BCUT2D eigenvalue weighted by molar-refractivity contribution is 7.90. The van der Waals surface area contributed by atoms with Crippen LogP contribution in [0, 0.1) is 18.2 Å². The second-order valence-corrected chi connectivity index (χ2v) is 14.4. The van der Waals surface area contributed by atoms with Gasteiger partial charge >= 0.3 is 6.09 Å². The fraction of sp³-hybridized carbons (Fsp3) is 0.333. The van der Waals surface area contributed by atoms with E-state index in [1.807, 2.05) is 51.8 Å². The fourth-order valence-corrected chi connectivity index (χ4v) is 8.04. The first-order chi connectivity index (χ1) is 20.3. The van der Waals surface area contributed by atoms with Crippen molar-refractivity contribution in [1.29, 1.82) is 0 Å². The molecule has 6 rings (SSSR count). The molecule has 0 saturated carbocycles. The third-order valence-electron chi connectivity index (χ3n) is 8.63. The SMILES string of the molecule is Cc1ccc(S(=O)(=O)n2c(C3=CCCN(C(=O)O)C(C(C)(C)C)C3)c3c4c(ccnc42)-c2cc(F)ccc2N(C)C3)cc1. The van der Waals surface area contributed by atoms with Crippen LogP contribution in [0.5, 0.6) is 0 Å². The van der Waals surface area contributed by atoms with Crippen molar-refractivity contribution >= 4 is 38.4 Å². The highest BCUT2D eigenvalue weighted by Gasteiger charge is 2.39. The van der Waals surface area contributed by atoms with Gasteiger partial charge in [0.2, 0.25) is 0 Å². The number of carbonyl (C=O) groups is 1. The number of nitrogens with zero attached hydrogens (tertiary/aromatic N) is 4. The lowest BCUT2D eigenvalue weighted by molar-refractivity contribution is 0.0870. The van der Waals surface area contributed by atoms with Gasteiger partial charge in [0.25, 0.3) is 10.0 Å². The first-order valence-electron chi connectivity index (χ1n) is 14.3. The standard InChI is InChI=1S/C33H35FN4O4S/c1-20-8-11-23(12-9-20)43(41,42)38-30(21-7-6-16-37(32(39)40)28(17-21)33(2,3)4)26-19-36(5)27-13-10-22(34)18-25(27)24-14-15-35-31(38)29(24)26/h7-15,18,28H,6,16-17,19H2,1-5H3,(H,39,40). The minimum atomic E-state index is -4.16. The number of hydrogen-bond acceptors (Lipinski definition) is 5. The van der Waals surface area contributed by atoms with Gasteiger partial charge in [-0.05, 0) is 72.7 Å². The van der Waals surface area contributed by atoms with Gasteiger partial charge in [0.05, 0.1) is 10.6 Å². The molecule has 4 heterocycles. The quantitative estimate of drug-likeness (QED) is 0.274. The maximum atomic E-state index is 14.6. The molecule has 0 fully saturated rings. The molecule has 4 aromatic rings. The Bertz CT molecular complexity index is 1910. The Morgan fingerprint density at radius 1 is 1.07 bits per heavy atom. The van der Waals surface area contributed by atoms with Crippen LogP contribution in [0.15, 0.2) is 65.7 Å². The number of pyridine rings is 1. The van der Waals surface area contributed by atoms with Crippen LogP contribution in [0.25, 0.3) is 27.7 Å². The Morgan fingerprint density at radius 3 is 2.47 bits per heavy atom. The molecular formula is C33H35FN4O4S. The van der Waals surface area contributed by atoms with E-state index < -0.39 is 27.6 Å². The number of rotatable bonds is 3. The van der Waals surface area contributed by atoms with E-state index in [0.29, 0.717) is 48.1 Å². The summed E-state index contributed by atoms with van der Waals surface area (Å²) in [6.07, 6.45) is 3.30. The van der Waals surface area contributed by atoms with Crippen LogP contribution in [-0.2, 0) is 16.6 Å². The number of carboxylic acid groups (broad SMARTS) is 1. The molecule has 0 spiro atoms. The molecule has 0 aliphatic carbocycles. The van der Waals surface area contributed by atoms with Gasteiger partial charge in [0, 0.05) is 54.6 Å². The Balaban J connectivity index is 1.70. The lowest BCUT2D eigenvalue weighted by atomic mass is 9.81. The number of halogens is 1. The topological polar surface area (TPSA) is 95.7 Å². The van der Waals surface area contributed by atoms with Crippen molar-refractivity contribution in [2.24, 2.45) is 5.41 Å². The molecule has 0 radical (unpaired) electrons. The lowest BCUT2D eigenvalue weighted by Gasteiger charge is -2.38. The molecule has 2 aliphatic heterocycles. The molecule has 1 atom stereocenters. The van der Waals surface area contributed by atoms with E-state index in [1.165, 1.54) is 21.0 Å². The van der Waals surface area contributed by atoms with Gasteiger partial charge in [-0.1, -0.05) is 44.5 Å².